The van der Waals surface area contributed by atoms with Gasteiger partial charge < -0.3 is 14.0 Å². The number of rotatable bonds is 9. The van der Waals surface area contributed by atoms with E-state index in [0.717, 1.165) is 4.47 Å². The fourth-order valence-corrected chi connectivity index (χ4v) is 2.74. The quantitative estimate of drug-likeness (QED) is 0.477. The Bertz CT molecular complexity index is 634. The first-order valence-electron chi connectivity index (χ1n) is 7.31. The Morgan fingerprint density at radius 3 is 2.41 bits per heavy atom. The number of halogens is 1. The topological polar surface area (TPSA) is 23.4 Å². The number of fused-ring (bicyclic) bond motifs is 1. The highest BCUT2D eigenvalue weighted by Crippen LogP contribution is 2.27. The third-order valence-electron chi connectivity index (χ3n) is 3.49. The summed E-state index contributed by atoms with van der Waals surface area (Å²) in [6.07, 6.45) is 5.61. The molecule has 0 fully saturated rings. The minimum Gasteiger partial charge on any atom is -0.375 e. The van der Waals surface area contributed by atoms with Gasteiger partial charge in [-0.3, -0.25) is 0 Å². The first-order chi connectivity index (χ1) is 10.7. The third kappa shape index (κ3) is 4.09. The molecule has 0 unspecified atom stereocenters. The lowest BCUT2D eigenvalue weighted by Gasteiger charge is -2.20. The molecule has 0 saturated carbocycles. The van der Waals surface area contributed by atoms with Crippen LogP contribution in [0.5, 0.6) is 0 Å². The molecule has 2 aromatic rings. The van der Waals surface area contributed by atoms with E-state index >= 15 is 0 Å². The largest absolute Gasteiger partial charge is 0.375 e. The molecule has 22 heavy (non-hydrogen) atoms. The van der Waals surface area contributed by atoms with Crippen LogP contribution in [0.1, 0.15) is 11.6 Å². The second-order valence-corrected chi connectivity index (χ2v) is 6.04. The molecule has 1 heterocycles. The molecule has 0 radical (unpaired) electrons. The van der Waals surface area contributed by atoms with Crippen LogP contribution in [0, 0.1) is 6.92 Å². The van der Waals surface area contributed by atoms with E-state index in [9.17, 15) is 0 Å². The van der Waals surface area contributed by atoms with Crippen LogP contribution in [-0.4, -0.2) is 31.0 Å². The summed E-state index contributed by atoms with van der Waals surface area (Å²) in [5.41, 5.74) is 2.40. The molecule has 0 bridgehead atoms. The highest BCUT2D eigenvalue weighted by atomic mass is 79.9. The van der Waals surface area contributed by atoms with Crippen LogP contribution in [0.4, 0.5) is 0 Å². The van der Waals surface area contributed by atoms with Crippen molar-refractivity contribution in [3.8, 4) is 0 Å². The third-order valence-corrected chi connectivity index (χ3v) is 4.34. The van der Waals surface area contributed by atoms with E-state index in [1.165, 1.54) is 16.5 Å². The second-order valence-electron chi connectivity index (χ2n) is 5.19. The normalized spacial score (nSPS) is 11.2. The monoisotopic (exact) mass is 363 g/mol. The van der Waals surface area contributed by atoms with Gasteiger partial charge in [-0.05, 0) is 30.7 Å². The minimum absolute atomic E-state index is 0.123. The second kappa shape index (κ2) is 8.32. The molecule has 2 rings (SSSR count). The zero-order chi connectivity index (χ0) is 15.9. The summed E-state index contributed by atoms with van der Waals surface area (Å²) in [5.74, 6) is 0. The summed E-state index contributed by atoms with van der Waals surface area (Å²) in [7, 11) is 0. The van der Waals surface area contributed by atoms with Crippen molar-refractivity contribution in [2.45, 2.75) is 13.0 Å². The van der Waals surface area contributed by atoms with Gasteiger partial charge in [0.1, 0.15) is 0 Å². The van der Waals surface area contributed by atoms with E-state index in [4.69, 9.17) is 9.47 Å². The smallest absolute Gasteiger partial charge is 0.0804 e. The molecule has 0 aliphatic heterocycles. The van der Waals surface area contributed by atoms with Gasteiger partial charge in [0.25, 0.3) is 0 Å². The van der Waals surface area contributed by atoms with Crippen molar-refractivity contribution in [1.29, 1.82) is 0 Å². The van der Waals surface area contributed by atoms with Crippen LogP contribution in [-0.2, 0) is 9.47 Å². The highest BCUT2D eigenvalue weighted by molar-refractivity contribution is 9.10. The number of benzene rings is 1. The van der Waals surface area contributed by atoms with E-state index in [0.29, 0.717) is 26.4 Å². The van der Waals surface area contributed by atoms with Crippen molar-refractivity contribution in [2.24, 2.45) is 0 Å². The number of aryl methyl sites for hydroxylation is 1. The predicted molar refractivity (Wildman–Crippen MR) is 95.4 cm³/mol. The average Bonchev–Trinajstić information content (AvgIpc) is 2.89. The van der Waals surface area contributed by atoms with Crippen molar-refractivity contribution in [3.63, 3.8) is 0 Å². The summed E-state index contributed by atoms with van der Waals surface area (Å²) < 4.78 is 14.6. The minimum atomic E-state index is 0.123. The van der Waals surface area contributed by atoms with Gasteiger partial charge in [-0.1, -0.05) is 28.1 Å². The first kappa shape index (κ1) is 17.0. The number of hydrogen-bond acceptors (Lipinski definition) is 2. The van der Waals surface area contributed by atoms with Gasteiger partial charge in [-0.15, -0.1) is 13.2 Å². The molecule has 0 aliphatic carbocycles. The number of nitrogens with zero attached hydrogens (tertiary/aromatic N) is 1. The van der Waals surface area contributed by atoms with Gasteiger partial charge in [0, 0.05) is 21.6 Å². The Labute approximate surface area is 140 Å². The average molecular weight is 364 g/mol. The molecule has 0 spiro atoms. The lowest BCUT2D eigenvalue weighted by molar-refractivity contribution is 0.0650. The van der Waals surface area contributed by atoms with Crippen molar-refractivity contribution >= 4 is 26.8 Å². The van der Waals surface area contributed by atoms with E-state index in [2.05, 4.69) is 65.0 Å². The molecular weight excluding hydrogens is 342 g/mol. The number of hydrogen-bond donors (Lipinski definition) is 0. The molecule has 0 amide bonds. The first-order valence-corrected chi connectivity index (χ1v) is 8.10. The Morgan fingerprint density at radius 1 is 1.18 bits per heavy atom. The Morgan fingerprint density at radius 2 is 1.82 bits per heavy atom. The summed E-state index contributed by atoms with van der Waals surface area (Å²) in [4.78, 5) is 0. The van der Waals surface area contributed by atoms with Crippen LogP contribution >= 0.6 is 15.9 Å². The van der Waals surface area contributed by atoms with E-state index in [1.807, 2.05) is 0 Å². The standard InChI is InChI=1S/C18H22BrNO2/c1-4-8-21-12-16(13-22-9-5-2)20-7-6-15-11-17(19)14(3)10-18(15)20/h4-7,10-11,16H,1-2,8-9,12-13H2,3H3. The molecular formula is C18H22BrNO2. The zero-order valence-electron chi connectivity index (χ0n) is 12.9. The molecule has 3 nitrogen and oxygen atoms in total. The van der Waals surface area contributed by atoms with Gasteiger partial charge in [0.05, 0.1) is 32.5 Å². The summed E-state index contributed by atoms with van der Waals surface area (Å²) in [6, 6.07) is 6.58. The van der Waals surface area contributed by atoms with Crippen molar-refractivity contribution in [3.05, 3.63) is 59.7 Å². The van der Waals surface area contributed by atoms with E-state index in [-0.39, 0.29) is 6.04 Å². The van der Waals surface area contributed by atoms with Gasteiger partial charge in [-0.25, -0.2) is 0 Å². The maximum absolute atomic E-state index is 5.65. The summed E-state index contributed by atoms with van der Waals surface area (Å²) >= 11 is 3.58. The lowest BCUT2D eigenvalue weighted by atomic mass is 10.2. The van der Waals surface area contributed by atoms with Crippen LogP contribution in [0.3, 0.4) is 0 Å². The van der Waals surface area contributed by atoms with Crippen LogP contribution in [0.25, 0.3) is 10.9 Å². The fraction of sp³-hybridized carbons (Fsp3) is 0.333. The van der Waals surface area contributed by atoms with Crippen molar-refractivity contribution in [1.82, 2.24) is 4.57 Å². The molecule has 0 atom stereocenters. The zero-order valence-corrected chi connectivity index (χ0v) is 14.5. The maximum atomic E-state index is 5.65. The van der Waals surface area contributed by atoms with E-state index < -0.39 is 0 Å². The van der Waals surface area contributed by atoms with Crippen LogP contribution < -0.4 is 0 Å². The Hall–Kier alpha value is -1.36. The van der Waals surface area contributed by atoms with Crippen molar-refractivity contribution in [2.75, 3.05) is 26.4 Å². The molecule has 118 valence electrons. The predicted octanol–water partition coefficient (Wildman–Crippen LogP) is 4.66. The molecule has 0 N–H and O–H groups in total. The fourth-order valence-electron chi connectivity index (χ4n) is 2.38. The highest BCUT2D eigenvalue weighted by Gasteiger charge is 2.14. The maximum Gasteiger partial charge on any atom is 0.0804 e. The summed E-state index contributed by atoms with van der Waals surface area (Å²) in [6.45, 7) is 11.7. The lowest BCUT2D eigenvalue weighted by Crippen LogP contribution is -2.20. The number of ether oxygens (including phenoxy) is 2. The van der Waals surface area contributed by atoms with Crippen LogP contribution in [0.15, 0.2) is 54.2 Å². The molecule has 0 saturated heterocycles. The van der Waals surface area contributed by atoms with Gasteiger partial charge >= 0.3 is 0 Å². The molecule has 0 aliphatic rings. The van der Waals surface area contributed by atoms with Crippen LogP contribution in [0.2, 0.25) is 0 Å². The van der Waals surface area contributed by atoms with Gasteiger partial charge in [0.15, 0.2) is 0 Å². The Balaban J connectivity index is 2.26. The molecule has 1 aromatic heterocycles. The van der Waals surface area contributed by atoms with E-state index in [1.54, 1.807) is 12.2 Å². The molecule has 1 aromatic carbocycles. The SMILES string of the molecule is C=CCOCC(COCC=C)n1ccc2cc(Br)c(C)cc21. The molecule has 4 heteroatoms. The van der Waals surface area contributed by atoms with Gasteiger partial charge in [-0.2, -0.15) is 0 Å². The summed E-state index contributed by atoms with van der Waals surface area (Å²) in [5, 5.41) is 1.20. The Kier molecular flexibility index (Phi) is 6.43. The van der Waals surface area contributed by atoms with Crippen molar-refractivity contribution < 1.29 is 9.47 Å². The van der Waals surface area contributed by atoms with Gasteiger partial charge in [0.2, 0.25) is 0 Å². The number of aromatic nitrogens is 1.